The molecular formula is C18H22FN3O3S. The number of thioether (sulfide) groups is 1. The summed E-state index contributed by atoms with van der Waals surface area (Å²) in [6, 6.07) is 7.38. The Morgan fingerprint density at radius 2 is 1.69 bits per heavy atom. The molecule has 0 bridgehead atoms. The van der Waals surface area contributed by atoms with E-state index in [1.165, 1.54) is 23.9 Å². The van der Waals surface area contributed by atoms with Crippen molar-refractivity contribution >= 4 is 23.6 Å². The van der Waals surface area contributed by atoms with E-state index in [9.17, 15) is 14.0 Å². The summed E-state index contributed by atoms with van der Waals surface area (Å²) in [4.78, 5) is 25.2. The van der Waals surface area contributed by atoms with Gasteiger partial charge in [0.2, 0.25) is 5.76 Å². The second-order valence-electron chi connectivity index (χ2n) is 7.30. The number of carbonyl (C=O) groups is 2. The minimum atomic E-state index is -0.886. The van der Waals surface area contributed by atoms with E-state index in [0.29, 0.717) is 5.69 Å². The number of hydrogen-bond donors (Lipinski definition) is 2. The number of halogens is 1. The van der Waals surface area contributed by atoms with Gasteiger partial charge in [-0.05, 0) is 38.1 Å². The van der Waals surface area contributed by atoms with Gasteiger partial charge in [0.05, 0.1) is 10.4 Å². The summed E-state index contributed by atoms with van der Waals surface area (Å²) in [5.74, 6) is -1.33. The van der Waals surface area contributed by atoms with E-state index in [0.717, 1.165) is 4.90 Å². The maximum Gasteiger partial charge on any atom is 0.308 e. The molecule has 0 saturated heterocycles. The highest BCUT2D eigenvalue weighted by molar-refractivity contribution is 8.01. The van der Waals surface area contributed by atoms with E-state index in [1.54, 1.807) is 32.0 Å². The lowest BCUT2D eigenvalue weighted by Crippen LogP contribution is -2.49. The molecule has 0 fully saturated rings. The van der Waals surface area contributed by atoms with Gasteiger partial charge in [-0.1, -0.05) is 25.9 Å². The van der Waals surface area contributed by atoms with Crippen molar-refractivity contribution in [3.05, 3.63) is 47.6 Å². The Hall–Kier alpha value is -2.35. The molecule has 0 aliphatic heterocycles. The molecule has 8 heteroatoms. The van der Waals surface area contributed by atoms with E-state index in [2.05, 4.69) is 16.0 Å². The van der Waals surface area contributed by atoms with Gasteiger partial charge in [0.25, 0.3) is 5.91 Å². The molecule has 0 radical (unpaired) electrons. The van der Waals surface area contributed by atoms with Gasteiger partial charge in [-0.15, -0.1) is 11.8 Å². The quantitative estimate of drug-likeness (QED) is 0.628. The zero-order valence-corrected chi connectivity index (χ0v) is 16.2. The van der Waals surface area contributed by atoms with Gasteiger partial charge in [0, 0.05) is 16.4 Å². The van der Waals surface area contributed by atoms with Gasteiger partial charge in [0.15, 0.2) is 0 Å². The third kappa shape index (κ3) is 5.08. The number of nitrogens with one attached hydrogen (secondary N) is 2. The molecule has 1 aromatic carbocycles. The Morgan fingerprint density at radius 3 is 2.23 bits per heavy atom. The SMILES string of the molecule is CC(C)(Sc1ccc(F)cc1)C(=O)NNC(=O)c1cc(C(C)(C)C)no1. The van der Waals surface area contributed by atoms with E-state index in [-0.39, 0.29) is 17.0 Å². The molecular weight excluding hydrogens is 357 g/mol. The number of hydrazine groups is 1. The van der Waals surface area contributed by atoms with Crippen molar-refractivity contribution < 1.29 is 18.5 Å². The molecule has 0 atom stereocenters. The lowest BCUT2D eigenvalue weighted by Gasteiger charge is -2.22. The highest BCUT2D eigenvalue weighted by atomic mass is 32.2. The standard InChI is InChI=1S/C18H22FN3O3S/c1-17(2,3)14-10-13(25-22-14)15(23)20-21-16(24)18(4,5)26-12-8-6-11(19)7-9-12/h6-10H,1-5H3,(H,20,23)(H,21,24). The van der Waals surface area contributed by atoms with Crippen molar-refractivity contribution in [3.63, 3.8) is 0 Å². The lowest BCUT2D eigenvalue weighted by molar-refractivity contribution is -0.123. The summed E-state index contributed by atoms with van der Waals surface area (Å²) in [5.41, 5.74) is 5.09. The van der Waals surface area contributed by atoms with Crippen LogP contribution >= 0.6 is 11.8 Å². The number of carbonyl (C=O) groups excluding carboxylic acids is 2. The number of amides is 2. The van der Waals surface area contributed by atoms with Gasteiger partial charge < -0.3 is 4.52 Å². The highest BCUT2D eigenvalue weighted by Crippen LogP contribution is 2.32. The molecule has 0 aliphatic rings. The average Bonchev–Trinajstić information content (AvgIpc) is 3.04. The molecule has 0 aliphatic carbocycles. The first-order valence-corrected chi connectivity index (χ1v) is 8.83. The van der Waals surface area contributed by atoms with E-state index >= 15 is 0 Å². The van der Waals surface area contributed by atoms with Crippen LogP contribution in [0.4, 0.5) is 4.39 Å². The lowest BCUT2D eigenvalue weighted by atomic mass is 9.92. The zero-order chi connectivity index (χ0) is 19.5. The Balaban J connectivity index is 1.95. The van der Waals surface area contributed by atoms with Crippen LogP contribution < -0.4 is 10.9 Å². The van der Waals surface area contributed by atoms with Gasteiger partial charge in [-0.25, -0.2) is 4.39 Å². The molecule has 0 unspecified atom stereocenters. The fourth-order valence-electron chi connectivity index (χ4n) is 1.90. The van der Waals surface area contributed by atoms with Crippen molar-refractivity contribution in [1.82, 2.24) is 16.0 Å². The molecule has 2 aromatic rings. The minimum Gasteiger partial charge on any atom is -0.351 e. The maximum absolute atomic E-state index is 13.0. The normalized spacial score (nSPS) is 11.9. The maximum atomic E-state index is 13.0. The predicted octanol–water partition coefficient (Wildman–Crippen LogP) is 3.44. The predicted molar refractivity (Wildman–Crippen MR) is 97.1 cm³/mol. The van der Waals surface area contributed by atoms with Crippen LogP contribution in [0.15, 0.2) is 39.8 Å². The summed E-state index contributed by atoms with van der Waals surface area (Å²) in [5, 5.41) is 3.86. The first kappa shape index (κ1) is 20.0. The third-order valence-corrected chi connectivity index (χ3v) is 4.73. The molecule has 2 rings (SSSR count). The van der Waals surface area contributed by atoms with Gasteiger partial charge in [-0.3, -0.25) is 20.4 Å². The van der Waals surface area contributed by atoms with Crippen molar-refractivity contribution in [3.8, 4) is 0 Å². The van der Waals surface area contributed by atoms with Crippen LogP contribution in [-0.2, 0) is 10.2 Å². The summed E-state index contributed by atoms with van der Waals surface area (Å²) in [7, 11) is 0. The molecule has 2 N–H and O–H groups in total. The number of hydrogen-bond acceptors (Lipinski definition) is 5. The molecule has 140 valence electrons. The molecule has 0 spiro atoms. The molecule has 6 nitrogen and oxygen atoms in total. The van der Waals surface area contributed by atoms with Crippen molar-refractivity contribution in [2.45, 2.75) is 49.7 Å². The first-order chi connectivity index (χ1) is 12.0. The minimum absolute atomic E-state index is 0.0132. The zero-order valence-electron chi connectivity index (χ0n) is 15.3. The Kier molecular flexibility index (Phi) is 5.75. The van der Waals surface area contributed by atoms with Crippen molar-refractivity contribution in [2.24, 2.45) is 0 Å². The summed E-state index contributed by atoms with van der Waals surface area (Å²) < 4.78 is 17.1. The van der Waals surface area contributed by atoms with Crippen molar-refractivity contribution in [1.29, 1.82) is 0 Å². The Morgan fingerprint density at radius 1 is 1.08 bits per heavy atom. The van der Waals surface area contributed by atoms with Crippen LogP contribution in [0.1, 0.15) is 50.9 Å². The highest BCUT2D eigenvalue weighted by Gasteiger charge is 2.30. The van der Waals surface area contributed by atoms with Crippen LogP contribution in [0.5, 0.6) is 0 Å². The molecule has 1 aromatic heterocycles. The first-order valence-electron chi connectivity index (χ1n) is 8.01. The van der Waals surface area contributed by atoms with Crippen LogP contribution in [0.3, 0.4) is 0 Å². The van der Waals surface area contributed by atoms with E-state index in [1.807, 2.05) is 20.8 Å². The number of rotatable bonds is 4. The second-order valence-corrected chi connectivity index (χ2v) is 9.00. The average molecular weight is 379 g/mol. The molecule has 1 heterocycles. The van der Waals surface area contributed by atoms with Gasteiger partial charge >= 0.3 is 5.91 Å². The van der Waals surface area contributed by atoms with E-state index in [4.69, 9.17) is 4.52 Å². The largest absolute Gasteiger partial charge is 0.351 e. The third-order valence-electron chi connectivity index (χ3n) is 3.53. The number of benzene rings is 1. The molecule has 0 saturated carbocycles. The second kappa shape index (κ2) is 7.49. The topological polar surface area (TPSA) is 84.2 Å². The molecule has 2 amide bonds. The van der Waals surface area contributed by atoms with Crippen molar-refractivity contribution in [2.75, 3.05) is 0 Å². The summed E-state index contributed by atoms with van der Waals surface area (Å²) in [6.45, 7) is 9.25. The van der Waals surface area contributed by atoms with Crippen LogP contribution in [0.2, 0.25) is 0 Å². The summed E-state index contributed by atoms with van der Waals surface area (Å²) >= 11 is 1.25. The van der Waals surface area contributed by atoms with E-state index < -0.39 is 16.6 Å². The number of nitrogens with zero attached hydrogens (tertiary/aromatic N) is 1. The fourth-order valence-corrected chi connectivity index (χ4v) is 2.91. The summed E-state index contributed by atoms with van der Waals surface area (Å²) in [6.07, 6.45) is 0. The number of aromatic nitrogens is 1. The van der Waals surface area contributed by atoms with Gasteiger partial charge in [0.1, 0.15) is 5.82 Å². The van der Waals surface area contributed by atoms with Gasteiger partial charge in [-0.2, -0.15) is 0 Å². The Labute approximate surface area is 155 Å². The van der Waals surface area contributed by atoms with Crippen LogP contribution in [0, 0.1) is 5.82 Å². The van der Waals surface area contributed by atoms with Crippen LogP contribution in [0.25, 0.3) is 0 Å². The fraction of sp³-hybridized carbons (Fsp3) is 0.389. The monoisotopic (exact) mass is 379 g/mol. The molecule has 26 heavy (non-hydrogen) atoms. The Bertz CT molecular complexity index is 795. The van der Waals surface area contributed by atoms with Crippen LogP contribution in [-0.4, -0.2) is 21.7 Å². The smallest absolute Gasteiger partial charge is 0.308 e.